The van der Waals surface area contributed by atoms with Crippen LogP contribution in [0.15, 0.2) is 5.16 Å². The van der Waals surface area contributed by atoms with Crippen molar-refractivity contribution in [2.45, 2.75) is 63.8 Å². The lowest BCUT2D eigenvalue weighted by Crippen LogP contribution is -2.35. The van der Waals surface area contributed by atoms with Crippen molar-refractivity contribution in [3.8, 4) is 0 Å². The van der Waals surface area contributed by atoms with Crippen LogP contribution in [0.1, 0.15) is 50.5 Å². The van der Waals surface area contributed by atoms with Crippen molar-refractivity contribution in [2.75, 3.05) is 24.2 Å². The van der Waals surface area contributed by atoms with E-state index in [-0.39, 0.29) is 5.60 Å². The topological polar surface area (TPSA) is 38.2 Å². The van der Waals surface area contributed by atoms with E-state index >= 15 is 0 Å². The summed E-state index contributed by atoms with van der Waals surface area (Å²) in [6, 6.07) is 0. The van der Waals surface area contributed by atoms with Gasteiger partial charge in [-0.25, -0.2) is 9.97 Å². The van der Waals surface area contributed by atoms with Gasteiger partial charge >= 0.3 is 0 Å². The van der Waals surface area contributed by atoms with Crippen molar-refractivity contribution in [2.24, 2.45) is 5.92 Å². The molecule has 4 heterocycles. The zero-order valence-corrected chi connectivity index (χ0v) is 17.2. The number of rotatable bonds is 3. The van der Waals surface area contributed by atoms with Crippen molar-refractivity contribution in [1.82, 2.24) is 9.97 Å². The fourth-order valence-electron chi connectivity index (χ4n) is 3.80. The zero-order valence-electron chi connectivity index (χ0n) is 15.6. The second-order valence-corrected chi connectivity index (χ2v) is 9.51. The van der Waals surface area contributed by atoms with E-state index in [4.69, 9.17) is 14.7 Å². The van der Waals surface area contributed by atoms with Gasteiger partial charge in [0.15, 0.2) is 5.16 Å². The molecule has 0 amide bonds. The van der Waals surface area contributed by atoms with E-state index in [2.05, 4.69) is 31.9 Å². The first-order valence-corrected chi connectivity index (χ1v) is 11.3. The van der Waals surface area contributed by atoms with Gasteiger partial charge in [0.1, 0.15) is 10.6 Å². The Balaban J connectivity index is 1.84. The lowest BCUT2D eigenvalue weighted by molar-refractivity contribution is -0.0543. The fourth-order valence-corrected chi connectivity index (χ4v) is 5.32. The number of anilines is 1. The first kappa shape index (κ1) is 17.6. The van der Waals surface area contributed by atoms with Crippen molar-refractivity contribution in [3.05, 3.63) is 10.4 Å². The fraction of sp³-hybridized carbons (Fsp3) is 0.684. The number of nitrogens with zero attached hydrogens (tertiary/aromatic N) is 3. The third kappa shape index (κ3) is 3.17. The van der Waals surface area contributed by atoms with Gasteiger partial charge in [-0.3, -0.25) is 0 Å². The smallest absolute Gasteiger partial charge is 0.190 e. The molecule has 2 aliphatic heterocycles. The molecule has 25 heavy (non-hydrogen) atoms. The summed E-state index contributed by atoms with van der Waals surface area (Å²) in [4.78, 5) is 14.8. The maximum absolute atomic E-state index is 6.17. The molecule has 0 unspecified atom stereocenters. The van der Waals surface area contributed by atoms with E-state index < -0.39 is 0 Å². The first-order chi connectivity index (χ1) is 12.0. The second kappa shape index (κ2) is 6.71. The Kier molecular flexibility index (Phi) is 4.71. The van der Waals surface area contributed by atoms with Crippen LogP contribution in [0.2, 0.25) is 0 Å². The van der Waals surface area contributed by atoms with Gasteiger partial charge in [0.05, 0.1) is 17.6 Å². The van der Waals surface area contributed by atoms with E-state index in [0.29, 0.717) is 6.61 Å². The van der Waals surface area contributed by atoms with E-state index in [9.17, 15) is 0 Å². The lowest BCUT2D eigenvalue weighted by Gasteiger charge is -2.34. The summed E-state index contributed by atoms with van der Waals surface area (Å²) in [5.74, 6) is 1.99. The molecule has 0 N–H and O–H groups in total. The van der Waals surface area contributed by atoms with E-state index in [1.807, 2.05) is 0 Å². The van der Waals surface area contributed by atoms with Gasteiger partial charge in [0.25, 0.3) is 0 Å². The molecule has 6 heteroatoms. The third-order valence-corrected chi connectivity index (χ3v) is 7.46. The van der Waals surface area contributed by atoms with Gasteiger partial charge in [0, 0.05) is 24.4 Å². The van der Waals surface area contributed by atoms with Crippen LogP contribution in [0.5, 0.6) is 0 Å². The normalized spacial score (nSPS) is 24.7. The highest BCUT2D eigenvalue weighted by Gasteiger charge is 2.34. The average molecular weight is 378 g/mol. The van der Waals surface area contributed by atoms with Gasteiger partial charge in [0.2, 0.25) is 0 Å². The zero-order chi connectivity index (χ0) is 17.6. The summed E-state index contributed by atoms with van der Waals surface area (Å²) in [6.07, 6.45) is 6.57. The molecule has 0 aromatic carbocycles. The molecule has 1 fully saturated rings. The number of ether oxygens (including phenoxy) is 1. The van der Waals surface area contributed by atoms with Gasteiger partial charge in [-0.1, -0.05) is 25.6 Å². The Labute approximate surface area is 158 Å². The molecule has 2 aromatic heterocycles. The lowest BCUT2D eigenvalue weighted by atomic mass is 9.90. The predicted octanol–water partition coefficient (Wildman–Crippen LogP) is 4.89. The van der Waals surface area contributed by atoms with Crippen LogP contribution in [0, 0.1) is 5.92 Å². The molecule has 4 rings (SSSR count). The first-order valence-electron chi connectivity index (χ1n) is 9.28. The van der Waals surface area contributed by atoms with Crippen molar-refractivity contribution < 1.29 is 4.74 Å². The Morgan fingerprint density at radius 1 is 1.32 bits per heavy atom. The predicted molar refractivity (Wildman–Crippen MR) is 107 cm³/mol. The molecule has 0 radical (unpaired) electrons. The largest absolute Gasteiger partial charge is 0.369 e. The molecule has 2 aromatic rings. The van der Waals surface area contributed by atoms with Crippen LogP contribution in [-0.4, -0.2) is 34.9 Å². The molecule has 1 saturated heterocycles. The Hall–Kier alpha value is -0.850. The highest BCUT2D eigenvalue weighted by molar-refractivity contribution is 7.98. The molecule has 4 nitrogen and oxygen atoms in total. The number of thioether (sulfide) groups is 1. The summed E-state index contributed by atoms with van der Waals surface area (Å²) in [5.41, 5.74) is 1.38. The summed E-state index contributed by atoms with van der Waals surface area (Å²) in [5, 5.41) is 2.19. The number of piperidine rings is 1. The van der Waals surface area contributed by atoms with E-state index in [1.165, 1.54) is 34.5 Å². The Morgan fingerprint density at radius 3 is 2.76 bits per heavy atom. The van der Waals surface area contributed by atoms with Crippen molar-refractivity contribution in [1.29, 1.82) is 0 Å². The highest BCUT2D eigenvalue weighted by Crippen LogP contribution is 2.43. The van der Waals surface area contributed by atoms with Gasteiger partial charge in [-0.2, -0.15) is 0 Å². The molecule has 0 aliphatic carbocycles. The molecular weight excluding hydrogens is 350 g/mol. The second-order valence-electron chi connectivity index (χ2n) is 7.66. The summed E-state index contributed by atoms with van der Waals surface area (Å²) in [6.45, 7) is 9.73. The van der Waals surface area contributed by atoms with Gasteiger partial charge in [-0.15, -0.1) is 11.3 Å². The number of hydrogen-bond acceptors (Lipinski definition) is 6. The van der Waals surface area contributed by atoms with Crippen molar-refractivity contribution >= 4 is 39.1 Å². The minimum Gasteiger partial charge on any atom is -0.369 e. The maximum Gasteiger partial charge on any atom is 0.190 e. The number of aromatic nitrogens is 2. The number of thiophene rings is 1. The summed E-state index contributed by atoms with van der Waals surface area (Å²) < 4.78 is 6.17. The third-order valence-electron chi connectivity index (χ3n) is 5.81. The van der Waals surface area contributed by atoms with E-state index in [0.717, 1.165) is 41.8 Å². The van der Waals surface area contributed by atoms with Crippen LogP contribution in [0.4, 0.5) is 5.82 Å². The molecule has 0 spiro atoms. The Morgan fingerprint density at radius 2 is 2.08 bits per heavy atom. The molecule has 0 bridgehead atoms. The van der Waals surface area contributed by atoms with Gasteiger partial charge in [-0.05, 0) is 43.9 Å². The monoisotopic (exact) mass is 377 g/mol. The summed E-state index contributed by atoms with van der Waals surface area (Å²) >= 11 is 3.44. The minimum atomic E-state index is -0.0626. The molecule has 0 saturated carbocycles. The van der Waals surface area contributed by atoms with Gasteiger partial charge < -0.3 is 9.64 Å². The minimum absolute atomic E-state index is 0.0626. The van der Waals surface area contributed by atoms with Crippen molar-refractivity contribution in [3.63, 3.8) is 0 Å². The van der Waals surface area contributed by atoms with Crippen LogP contribution in [0.3, 0.4) is 0 Å². The number of fused-ring (bicyclic) bond motifs is 3. The molecule has 2 aliphatic rings. The van der Waals surface area contributed by atoms with Crippen LogP contribution in [-0.2, 0) is 17.8 Å². The number of hydrogen-bond donors (Lipinski definition) is 0. The maximum atomic E-state index is 6.17. The van der Waals surface area contributed by atoms with E-state index in [1.54, 1.807) is 23.1 Å². The highest BCUT2D eigenvalue weighted by atomic mass is 32.2. The Bertz CT molecular complexity index is 783. The SMILES string of the molecule is CC[C@@]1(C)Cc2c(sc3nc(SC)nc(N4CCC(C)CC4)c23)CO1. The average Bonchev–Trinajstić information content (AvgIpc) is 2.99. The standard InChI is InChI=1S/C19H27N3OS2/c1-5-19(3)10-13-14(11-23-19)25-17-15(13)16(20-18(21-17)24-4)22-8-6-12(2)7-9-22/h12H,5-11H2,1-4H3/t19-/m0/s1. The molecule has 136 valence electrons. The quantitative estimate of drug-likeness (QED) is 0.562. The molecular formula is C19H27N3OS2. The molecule has 1 atom stereocenters. The van der Waals surface area contributed by atoms with Crippen LogP contribution in [0.25, 0.3) is 10.2 Å². The summed E-state index contributed by atoms with van der Waals surface area (Å²) in [7, 11) is 0. The van der Waals surface area contributed by atoms with Crippen LogP contribution < -0.4 is 4.90 Å². The van der Waals surface area contributed by atoms with Crippen LogP contribution >= 0.6 is 23.1 Å².